The van der Waals surface area contributed by atoms with Gasteiger partial charge in [0.1, 0.15) is 0 Å². The van der Waals surface area contributed by atoms with Gasteiger partial charge in [0.25, 0.3) is 0 Å². The maximum Gasteiger partial charge on any atom is 0.228 e. The first-order valence-corrected chi connectivity index (χ1v) is 7.79. The van der Waals surface area contributed by atoms with Gasteiger partial charge in [-0.05, 0) is 35.8 Å². The molecular weight excluding hydrogens is 321 g/mol. The molecule has 0 unspecified atom stereocenters. The Labute approximate surface area is 138 Å². The quantitative estimate of drug-likeness (QED) is 0.931. The van der Waals surface area contributed by atoms with Crippen molar-refractivity contribution in [2.24, 2.45) is 0 Å². The van der Waals surface area contributed by atoms with Crippen LogP contribution in [0.1, 0.15) is 17.7 Å². The number of H-pyrrole nitrogens is 1. The Bertz CT molecular complexity index is 710. The van der Waals surface area contributed by atoms with E-state index >= 15 is 0 Å². The average Bonchev–Trinajstić information content (AvgIpc) is 3.03. The molecule has 1 aliphatic rings. The lowest BCUT2D eigenvalue weighted by Crippen LogP contribution is -2.35. The highest BCUT2D eigenvalue weighted by Crippen LogP contribution is 2.29. The minimum Gasteiger partial charge on any atom is -0.338 e. The first-order valence-electron chi connectivity index (χ1n) is 7.04. The van der Waals surface area contributed by atoms with Crippen LogP contribution in [0.2, 0.25) is 10.0 Å². The molecule has 2 heterocycles. The van der Waals surface area contributed by atoms with Crippen molar-refractivity contribution >= 4 is 34.7 Å². The topological polar surface area (TPSA) is 49.0 Å². The molecule has 22 heavy (non-hydrogen) atoms. The predicted molar refractivity (Wildman–Crippen MR) is 87.9 cm³/mol. The molecule has 2 aromatic rings. The van der Waals surface area contributed by atoms with Gasteiger partial charge in [-0.15, -0.1) is 0 Å². The lowest BCUT2D eigenvalue weighted by atomic mass is 9.99. The number of aromatic amines is 1. The van der Waals surface area contributed by atoms with E-state index in [0.717, 1.165) is 17.7 Å². The van der Waals surface area contributed by atoms with Crippen LogP contribution in [0.4, 0.5) is 0 Å². The number of hydrogen-bond acceptors (Lipinski definition) is 2. The number of carbonyl (C=O) groups excluding carboxylic acids is 1. The minimum atomic E-state index is 0.105. The van der Waals surface area contributed by atoms with E-state index < -0.39 is 0 Å². The van der Waals surface area contributed by atoms with E-state index in [0.29, 0.717) is 29.6 Å². The Kier molecular flexibility index (Phi) is 4.50. The molecule has 0 fully saturated rings. The van der Waals surface area contributed by atoms with Crippen LogP contribution < -0.4 is 0 Å². The molecular formula is C16H15Cl2N3O. The monoisotopic (exact) mass is 335 g/mol. The van der Waals surface area contributed by atoms with Gasteiger partial charge < -0.3 is 4.90 Å². The van der Waals surface area contributed by atoms with Crippen molar-refractivity contribution in [3.05, 3.63) is 57.8 Å². The second kappa shape index (κ2) is 6.55. The summed E-state index contributed by atoms with van der Waals surface area (Å²) in [4.78, 5) is 14.1. The number of amides is 1. The summed E-state index contributed by atoms with van der Waals surface area (Å²) in [7, 11) is 0. The number of hydrogen-bond donors (Lipinski definition) is 1. The van der Waals surface area contributed by atoms with Gasteiger partial charge in [0.15, 0.2) is 0 Å². The maximum atomic E-state index is 12.2. The van der Waals surface area contributed by atoms with Crippen LogP contribution in [-0.4, -0.2) is 34.1 Å². The molecule has 3 rings (SSSR count). The summed E-state index contributed by atoms with van der Waals surface area (Å²) in [6, 6.07) is 7.45. The molecule has 0 spiro atoms. The van der Waals surface area contributed by atoms with Gasteiger partial charge in [-0.3, -0.25) is 9.89 Å². The van der Waals surface area contributed by atoms with E-state index in [1.54, 1.807) is 12.3 Å². The van der Waals surface area contributed by atoms with E-state index in [9.17, 15) is 4.79 Å². The summed E-state index contributed by atoms with van der Waals surface area (Å²) in [5.74, 6) is 0.105. The number of benzene rings is 1. The van der Waals surface area contributed by atoms with Crippen molar-refractivity contribution in [1.29, 1.82) is 0 Å². The van der Waals surface area contributed by atoms with Crippen LogP contribution in [0.5, 0.6) is 0 Å². The smallest absolute Gasteiger partial charge is 0.228 e. The van der Waals surface area contributed by atoms with E-state index in [-0.39, 0.29) is 5.91 Å². The Hall–Kier alpha value is -1.78. The molecule has 1 N–H and O–H groups in total. The summed E-state index contributed by atoms with van der Waals surface area (Å²) in [6.07, 6.45) is 4.90. The summed E-state index contributed by atoms with van der Waals surface area (Å²) >= 11 is 12.0. The number of carbonyl (C=O) groups is 1. The number of rotatable bonds is 3. The normalized spacial score (nSPS) is 14.8. The number of aromatic nitrogens is 2. The highest BCUT2D eigenvalue weighted by Gasteiger charge is 2.18. The fourth-order valence-electron chi connectivity index (χ4n) is 2.51. The lowest BCUT2D eigenvalue weighted by Gasteiger charge is -2.26. The molecule has 4 nitrogen and oxygen atoms in total. The number of nitrogens with one attached hydrogen (secondary N) is 1. The molecule has 0 saturated carbocycles. The fraction of sp³-hybridized carbons (Fsp3) is 0.250. The number of nitrogens with zero attached hydrogens (tertiary/aromatic N) is 2. The average molecular weight is 336 g/mol. The van der Waals surface area contributed by atoms with Crippen molar-refractivity contribution in [3.63, 3.8) is 0 Å². The number of halogens is 2. The SMILES string of the molecule is O=C(Cc1ccn[nH]1)N1CC=C(c2ccc(Cl)c(Cl)c2)CC1. The Morgan fingerprint density at radius 3 is 2.77 bits per heavy atom. The van der Waals surface area contributed by atoms with Crippen molar-refractivity contribution in [1.82, 2.24) is 15.1 Å². The van der Waals surface area contributed by atoms with Gasteiger partial charge in [-0.1, -0.05) is 35.3 Å². The molecule has 1 amide bonds. The summed E-state index contributed by atoms with van der Waals surface area (Å²) in [6.45, 7) is 1.32. The molecule has 1 aliphatic heterocycles. The molecule has 114 valence electrons. The van der Waals surface area contributed by atoms with Gasteiger partial charge >= 0.3 is 0 Å². The molecule has 0 radical (unpaired) electrons. The second-order valence-corrected chi connectivity index (χ2v) is 6.02. The molecule has 0 atom stereocenters. The van der Waals surface area contributed by atoms with E-state index in [4.69, 9.17) is 23.2 Å². The Balaban J connectivity index is 1.66. The predicted octanol–water partition coefficient (Wildman–Crippen LogP) is 3.57. The molecule has 6 heteroatoms. The van der Waals surface area contributed by atoms with Gasteiger partial charge in [0.05, 0.1) is 16.5 Å². The fourth-order valence-corrected chi connectivity index (χ4v) is 2.81. The van der Waals surface area contributed by atoms with Crippen molar-refractivity contribution < 1.29 is 4.79 Å². The van der Waals surface area contributed by atoms with Crippen LogP contribution in [-0.2, 0) is 11.2 Å². The maximum absolute atomic E-state index is 12.2. The first kappa shape index (κ1) is 15.1. The van der Waals surface area contributed by atoms with Crippen LogP contribution >= 0.6 is 23.2 Å². The first-order chi connectivity index (χ1) is 10.6. The van der Waals surface area contributed by atoms with Crippen LogP contribution in [0.25, 0.3) is 5.57 Å². The van der Waals surface area contributed by atoms with Crippen molar-refractivity contribution in [3.8, 4) is 0 Å². The zero-order valence-electron chi connectivity index (χ0n) is 11.9. The third-order valence-corrected chi connectivity index (χ3v) is 4.49. The third kappa shape index (κ3) is 3.34. The van der Waals surface area contributed by atoms with Crippen LogP contribution in [0.3, 0.4) is 0 Å². The summed E-state index contributed by atoms with van der Waals surface area (Å²) < 4.78 is 0. The van der Waals surface area contributed by atoms with Gasteiger partial charge in [0, 0.05) is 25.0 Å². The highest BCUT2D eigenvalue weighted by atomic mass is 35.5. The van der Waals surface area contributed by atoms with Crippen molar-refractivity contribution in [2.45, 2.75) is 12.8 Å². The summed E-state index contributed by atoms with van der Waals surface area (Å²) in [5, 5.41) is 7.78. The molecule has 1 aromatic heterocycles. The molecule has 0 saturated heterocycles. The largest absolute Gasteiger partial charge is 0.338 e. The Morgan fingerprint density at radius 2 is 2.14 bits per heavy atom. The van der Waals surface area contributed by atoms with Gasteiger partial charge in [-0.2, -0.15) is 5.10 Å². The standard InChI is InChI=1S/C16H15Cl2N3O/c17-14-2-1-12(9-15(14)18)11-4-7-21(8-5-11)16(22)10-13-3-6-19-20-13/h1-4,6,9H,5,7-8,10H2,(H,19,20). The third-order valence-electron chi connectivity index (χ3n) is 3.75. The highest BCUT2D eigenvalue weighted by molar-refractivity contribution is 6.42. The minimum absolute atomic E-state index is 0.105. The van der Waals surface area contributed by atoms with E-state index in [1.807, 2.05) is 23.1 Å². The van der Waals surface area contributed by atoms with E-state index in [2.05, 4.69) is 16.3 Å². The molecule has 1 aromatic carbocycles. The van der Waals surface area contributed by atoms with Crippen LogP contribution in [0, 0.1) is 0 Å². The van der Waals surface area contributed by atoms with Gasteiger partial charge in [0.2, 0.25) is 5.91 Å². The zero-order chi connectivity index (χ0) is 15.5. The van der Waals surface area contributed by atoms with E-state index in [1.165, 1.54) is 5.57 Å². The van der Waals surface area contributed by atoms with Crippen molar-refractivity contribution in [2.75, 3.05) is 13.1 Å². The second-order valence-electron chi connectivity index (χ2n) is 5.21. The Morgan fingerprint density at radius 1 is 1.27 bits per heavy atom. The molecule has 0 bridgehead atoms. The molecule has 0 aliphatic carbocycles. The van der Waals surface area contributed by atoms with Gasteiger partial charge in [-0.25, -0.2) is 0 Å². The lowest BCUT2D eigenvalue weighted by molar-refractivity contribution is -0.130. The zero-order valence-corrected chi connectivity index (χ0v) is 13.4. The summed E-state index contributed by atoms with van der Waals surface area (Å²) in [5.41, 5.74) is 3.10. The van der Waals surface area contributed by atoms with Crippen LogP contribution in [0.15, 0.2) is 36.5 Å².